The number of nitrogens with one attached hydrogen (secondary N) is 1. The van der Waals surface area contributed by atoms with Gasteiger partial charge in [-0.25, -0.2) is 24.9 Å². The van der Waals surface area contributed by atoms with Crippen molar-refractivity contribution in [3.8, 4) is 11.5 Å². The second kappa shape index (κ2) is 7.01. The number of aromatic amines is 1. The molecule has 1 aliphatic rings. The Morgan fingerprint density at radius 3 is 2.52 bits per heavy atom. The molecule has 9 nitrogen and oxygen atoms in total. The highest BCUT2D eigenvalue weighted by Crippen LogP contribution is 2.26. The smallest absolute Gasteiger partial charge is 0.225 e. The molecule has 0 radical (unpaired) electrons. The van der Waals surface area contributed by atoms with E-state index in [1.54, 1.807) is 18.6 Å². The van der Waals surface area contributed by atoms with E-state index in [4.69, 9.17) is 10.7 Å². The number of aromatic nitrogens is 6. The lowest BCUT2D eigenvalue weighted by Gasteiger charge is -2.35. The Labute approximate surface area is 167 Å². The Bertz CT molecular complexity index is 1150. The lowest BCUT2D eigenvalue weighted by atomic mass is 10.2. The van der Waals surface area contributed by atoms with Gasteiger partial charge in [-0.15, -0.1) is 0 Å². The fourth-order valence-corrected chi connectivity index (χ4v) is 3.54. The monoisotopic (exact) mass is 387 g/mol. The standard InChI is InChI=1S/C20H21N9/c1-13-3-4-14-15(11-13)26-19(25-14)17-18(21)24-12-16(27-17)28-7-9-29(10-8-28)20-22-5-2-6-23-20/h2-6,11-12H,7-10H2,1H3,(H2,21,24)(H,25,26). The van der Waals surface area contributed by atoms with Crippen LogP contribution in [0.5, 0.6) is 0 Å². The van der Waals surface area contributed by atoms with Crippen molar-refractivity contribution >= 4 is 28.6 Å². The zero-order chi connectivity index (χ0) is 19.8. The third-order valence-electron chi connectivity index (χ3n) is 5.09. The molecule has 0 atom stereocenters. The molecule has 9 heteroatoms. The molecule has 0 amide bonds. The first kappa shape index (κ1) is 17.4. The van der Waals surface area contributed by atoms with Gasteiger partial charge in [-0.1, -0.05) is 6.07 Å². The maximum atomic E-state index is 6.12. The van der Waals surface area contributed by atoms with Crippen LogP contribution in [-0.2, 0) is 0 Å². The van der Waals surface area contributed by atoms with Gasteiger partial charge < -0.3 is 20.5 Å². The minimum Gasteiger partial charge on any atom is -0.382 e. The molecule has 1 fully saturated rings. The lowest BCUT2D eigenvalue weighted by Crippen LogP contribution is -2.47. The van der Waals surface area contributed by atoms with Crippen LogP contribution < -0.4 is 15.5 Å². The van der Waals surface area contributed by atoms with Crippen molar-refractivity contribution in [2.24, 2.45) is 0 Å². The zero-order valence-electron chi connectivity index (χ0n) is 16.1. The van der Waals surface area contributed by atoms with E-state index in [1.165, 1.54) is 5.56 Å². The van der Waals surface area contributed by atoms with Gasteiger partial charge in [-0.3, -0.25) is 0 Å². The molecule has 3 N–H and O–H groups in total. The summed E-state index contributed by atoms with van der Waals surface area (Å²) in [6.07, 6.45) is 5.25. The van der Waals surface area contributed by atoms with Crippen LogP contribution in [0.2, 0.25) is 0 Å². The van der Waals surface area contributed by atoms with Crippen molar-refractivity contribution in [2.75, 3.05) is 41.7 Å². The molecule has 146 valence electrons. The van der Waals surface area contributed by atoms with Crippen molar-refractivity contribution in [3.05, 3.63) is 48.4 Å². The number of hydrogen-bond acceptors (Lipinski definition) is 8. The number of nitrogen functional groups attached to an aromatic ring is 1. The van der Waals surface area contributed by atoms with Crippen LogP contribution >= 0.6 is 0 Å². The van der Waals surface area contributed by atoms with Gasteiger partial charge in [0.2, 0.25) is 5.95 Å². The van der Waals surface area contributed by atoms with Crippen LogP contribution in [-0.4, -0.2) is 56.1 Å². The van der Waals surface area contributed by atoms with E-state index in [0.717, 1.165) is 49.0 Å². The third kappa shape index (κ3) is 3.31. The second-order valence-electron chi connectivity index (χ2n) is 7.09. The number of H-pyrrole nitrogens is 1. The maximum Gasteiger partial charge on any atom is 0.225 e. The summed E-state index contributed by atoms with van der Waals surface area (Å²) in [6.45, 7) is 5.28. The largest absolute Gasteiger partial charge is 0.382 e. The second-order valence-corrected chi connectivity index (χ2v) is 7.09. The van der Waals surface area contributed by atoms with Crippen molar-refractivity contribution in [1.29, 1.82) is 0 Å². The molecule has 0 saturated carbocycles. The number of nitrogens with two attached hydrogens (primary N) is 1. The van der Waals surface area contributed by atoms with Crippen LogP contribution in [0.3, 0.4) is 0 Å². The third-order valence-corrected chi connectivity index (χ3v) is 5.09. The van der Waals surface area contributed by atoms with E-state index in [9.17, 15) is 0 Å². The average Bonchev–Trinajstić information content (AvgIpc) is 3.18. The minimum atomic E-state index is 0.362. The van der Waals surface area contributed by atoms with Crippen molar-refractivity contribution < 1.29 is 0 Å². The van der Waals surface area contributed by atoms with E-state index in [-0.39, 0.29) is 0 Å². The number of aryl methyl sites for hydroxylation is 1. The number of imidazole rings is 1. The predicted octanol–water partition coefficient (Wildman–Crippen LogP) is 2.03. The fourth-order valence-electron chi connectivity index (χ4n) is 3.54. The highest BCUT2D eigenvalue weighted by atomic mass is 15.3. The number of piperazine rings is 1. The van der Waals surface area contributed by atoms with E-state index in [1.807, 2.05) is 18.2 Å². The first-order valence-corrected chi connectivity index (χ1v) is 9.53. The maximum absolute atomic E-state index is 6.12. The van der Waals surface area contributed by atoms with Crippen LogP contribution in [0.15, 0.2) is 42.9 Å². The summed E-state index contributed by atoms with van der Waals surface area (Å²) in [5.41, 5.74) is 9.71. The van der Waals surface area contributed by atoms with Crippen molar-refractivity contribution in [1.82, 2.24) is 29.9 Å². The minimum absolute atomic E-state index is 0.362. The Kier molecular flexibility index (Phi) is 4.19. The lowest BCUT2D eigenvalue weighted by molar-refractivity contribution is 0.634. The van der Waals surface area contributed by atoms with E-state index >= 15 is 0 Å². The van der Waals surface area contributed by atoms with E-state index in [0.29, 0.717) is 17.3 Å². The molecule has 1 saturated heterocycles. The summed E-state index contributed by atoms with van der Waals surface area (Å²) in [4.78, 5) is 30.1. The van der Waals surface area contributed by atoms with Crippen molar-refractivity contribution in [2.45, 2.75) is 6.92 Å². The van der Waals surface area contributed by atoms with Gasteiger partial charge in [0.1, 0.15) is 5.82 Å². The number of hydrogen-bond donors (Lipinski definition) is 2. The molecule has 4 aromatic rings. The Morgan fingerprint density at radius 1 is 0.966 bits per heavy atom. The zero-order valence-corrected chi connectivity index (χ0v) is 16.1. The van der Waals surface area contributed by atoms with Gasteiger partial charge in [0.25, 0.3) is 0 Å². The molecule has 0 aliphatic carbocycles. The van der Waals surface area contributed by atoms with Crippen LogP contribution in [0.25, 0.3) is 22.6 Å². The Hall–Kier alpha value is -3.75. The SMILES string of the molecule is Cc1ccc2nc(-c3nc(N4CCN(c5ncccn5)CC4)cnc3N)[nH]c2c1. The average molecular weight is 387 g/mol. The summed E-state index contributed by atoms with van der Waals surface area (Å²) in [5.74, 6) is 2.54. The summed E-state index contributed by atoms with van der Waals surface area (Å²) in [5, 5.41) is 0. The first-order valence-electron chi connectivity index (χ1n) is 9.53. The van der Waals surface area contributed by atoms with Gasteiger partial charge in [0.15, 0.2) is 17.3 Å². The Balaban J connectivity index is 1.39. The normalized spacial score (nSPS) is 14.5. The highest BCUT2D eigenvalue weighted by molar-refractivity contribution is 5.81. The van der Waals surface area contributed by atoms with Crippen LogP contribution in [0.4, 0.5) is 17.6 Å². The highest BCUT2D eigenvalue weighted by Gasteiger charge is 2.21. The fraction of sp³-hybridized carbons (Fsp3) is 0.250. The number of fused-ring (bicyclic) bond motifs is 1. The van der Waals surface area contributed by atoms with Gasteiger partial charge in [-0.2, -0.15) is 0 Å². The molecule has 0 spiro atoms. The molecular weight excluding hydrogens is 366 g/mol. The predicted molar refractivity (Wildman–Crippen MR) is 113 cm³/mol. The summed E-state index contributed by atoms with van der Waals surface area (Å²) < 4.78 is 0. The summed E-state index contributed by atoms with van der Waals surface area (Å²) >= 11 is 0. The summed E-state index contributed by atoms with van der Waals surface area (Å²) in [6, 6.07) is 7.91. The molecule has 0 unspecified atom stereocenters. The topological polar surface area (TPSA) is 113 Å². The molecule has 5 rings (SSSR count). The Morgan fingerprint density at radius 2 is 1.72 bits per heavy atom. The van der Waals surface area contributed by atoms with Gasteiger partial charge in [-0.05, 0) is 30.7 Å². The molecule has 3 aromatic heterocycles. The molecule has 4 heterocycles. The molecule has 1 aliphatic heterocycles. The molecule has 0 bridgehead atoms. The van der Waals surface area contributed by atoms with E-state index in [2.05, 4.69) is 47.7 Å². The van der Waals surface area contributed by atoms with E-state index < -0.39 is 0 Å². The van der Waals surface area contributed by atoms with Crippen molar-refractivity contribution in [3.63, 3.8) is 0 Å². The quantitative estimate of drug-likeness (QED) is 0.549. The molecule has 29 heavy (non-hydrogen) atoms. The van der Waals surface area contributed by atoms with Crippen LogP contribution in [0.1, 0.15) is 5.56 Å². The number of anilines is 3. The molecular formula is C20H21N9. The van der Waals surface area contributed by atoms with Gasteiger partial charge >= 0.3 is 0 Å². The first-order chi connectivity index (χ1) is 14.2. The van der Waals surface area contributed by atoms with Gasteiger partial charge in [0.05, 0.1) is 17.2 Å². The van der Waals surface area contributed by atoms with Crippen LogP contribution in [0, 0.1) is 6.92 Å². The molecule has 1 aromatic carbocycles. The number of nitrogens with zero attached hydrogens (tertiary/aromatic N) is 7. The summed E-state index contributed by atoms with van der Waals surface area (Å²) in [7, 11) is 0. The number of benzene rings is 1. The van der Waals surface area contributed by atoms with Gasteiger partial charge in [0, 0.05) is 38.6 Å². The number of rotatable bonds is 3.